The molecule has 3 amide bonds. The summed E-state index contributed by atoms with van der Waals surface area (Å²) in [4.78, 5) is 45.7. The van der Waals surface area contributed by atoms with Crippen molar-refractivity contribution in [1.29, 1.82) is 0 Å². The first-order chi connectivity index (χ1) is 19.5. The van der Waals surface area contributed by atoms with E-state index in [4.69, 9.17) is 4.74 Å². The second kappa shape index (κ2) is 9.78. The molecule has 0 unspecified atom stereocenters. The van der Waals surface area contributed by atoms with Gasteiger partial charge in [0.05, 0.1) is 30.8 Å². The van der Waals surface area contributed by atoms with Gasteiger partial charge in [0.2, 0.25) is 5.91 Å². The number of imide groups is 1. The third-order valence-corrected chi connectivity index (χ3v) is 9.06. The molecule has 1 fully saturated rings. The van der Waals surface area contributed by atoms with Gasteiger partial charge in [-0.05, 0) is 59.9 Å². The van der Waals surface area contributed by atoms with E-state index < -0.39 is 0 Å². The molecule has 8 nitrogen and oxygen atoms in total. The van der Waals surface area contributed by atoms with Crippen LogP contribution in [0.2, 0.25) is 0 Å². The fourth-order valence-corrected chi connectivity index (χ4v) is 6.93. The fourth-order valence-electron chi connectivity index (χ4n) is 6.93. The smallest absolute Gasteiger partial charge is 0.261 e. The molecule has 1 N–H and O–H groups in total. The second-order valence-electron chi connectivity index (χ2n) is 11.1. The van der Waals surface area contributed by atoms with Crippen LogP contribution in [0.4, 0.5) is 5.69 Å². The minimum Gasteiger partial charge on any atom is -0.497 e. The zero-order valence-electron chi connectivity index (χ0n) is 22.5. The number of carbonyl (C=O) groups excluding carboxylic acids is 3. The summed E-state index contributed by atoms with van der Waals surface area (Å²) in [5, 5.41) is 3.63. The average Bonchev–Trinajstić information content (AvgIpc) is 3.47. The van der Waals surface area contributed by atoms with E-state index in [2.05, 4.69) is 34.5 Å². The summed E-state index contributed by atoms with van der Waals surface area (Å²) in [6.07, 6.45) is 1.71. The number of carbonyl (C=O) groups is 3. The first-order valence-electron chi connectivity index (χ1n) is 14.0. The maximum absolute atomic E-state index is 13.8. The Balaban J connectivity index is 1.11. The van der Waals surface area contributed by atoms with Crippen LogP contribution in [-0.2, 0) is 11.2 Å². The van der Waals surface area contributed by atoms with E-state index in [-0.39, 0.29) is 42.8 Å². The Morgan fingerprint density at radius 1 is 0.950 bits per heavy atom. The predicted octanol–water partition coefficient (Wildman–Crippen LogP) is 3.70. The minimum atomic E-state index is -0.264. The summed E-state index contributed by atoms with van der Waals surface area (Å²) in [6, 6.07) is 21.3. The molecule has 3 aromatic carbocycles. The Morgan fingerprint density at radius 3 is 2.48 bits per heavy atom. The molecular formula is C32H32N4O4. The number of rotatable bonds is 5. The molecule has 0 aromatic heterocycles. The van der Waals surface area contributed by atoms with Crippen molar-refractivity contribution in [2.24, 2.45) is 0 Å². The molecule has 3 aromatic rings. The van der Waals surface area contributed by atoms with Crippen LogP contribution in [0.3, 0.4) is 0 Å². The molecule has 1 saturated heterocycles. The van der Waals surface area contributed by atoms with Gasteiger partial charge in [-0.1, -0.05) is 36.4 Å². The number of nitrogens with one attached hydrogen (secondary N) is 1. The van der Waals surface area contributed by atoms with Crippen molar-refractivity contribution < 1.29 is 19.1 Å². The Hall–Kier alpha value is -4.17. The monoisotopic (exact) mass is 536 g/mol. The van der Waals surface area contributed by atoms with Crippen molar-refractivity contribution in [3.8, 4) is 5.75 Å². The molecule has 4 aliphatic rings. The molecule has 40 heavy (non-hydrogen) atoms. The highest BCUT2D eigenvalue weighted by Crippen LogP contribution is 2.42. The van der Waals surface area contributed by atoms with Gasteiger partial charge in [-0.25, -0.2) is 0 Å². The van der Waals surface area contributed by atoms with Crippen LogP contribution in [0.1, 0.15) is 55.8 Å². The number of hydrogen-bond donors (Lipinski definition) is 1. The van der Waals surface area contributed by atoms with E-state index in [1.54, 1.807) is 31.4 Å². The Kier molecular flexibility index (Phi) is 6.08. The molecular weight excluding hydrogens is 504 g/mol. The molecule has 204 valence electrons. The molecule has 0 radical (unpaired) electrons. The van der Waals surface area contributed by atoms with Crippen LogP contribution >= 0.6 is 0 Å². The Bertz CT molecular complexity index is 1490. The zero-order chi connectivity index (χ0) is 27.4. The van der Waals surface area contributed by atoms with Crippen molar-refractivity contribution in [2.45, 2.75) is 30.8 Å². The van der Waals surface area contributed by atoms with Gasteiger partial charge < -0.3 is 15.0 Å². The lowest BCUT2D eigenvalue weighted by molar-refractivity contribution is -0.134. The Labute approximate surface area is 233 Å². The number of likely N-dealkylation sites (tertiary alicyclic amines) is 1. The highest BCUT2D eigenvalue weighted by atomic mass is 16.5. The van der Waals surface area contributed by atoms with Gasteiger partial charge >= 0.3 is 0 Å². The van der Waals surface area contributed by atoms with Gasteiger partial charge in [0, 0.05) is 43.8 Å². The number of fused-ring (bicyclic) bond motifs is 5. The molecule has 0 spiro atoms. The van der Waals surface area contributed by atoms with Crippen molar-refractivity contribution >= 4 is 23.4 Å². The molecule has 4 heterocycles. The number of methoxy groups -OCH3 is 1. The lowest BCUT2D eigenvalue weighted by Crippen LogP contribution is -2.51. The lowest BCUT2D eigenvalue weighted by Gasteiger charge is -2.41. The predicted molar refractivity (Wildman–Crippen MR) is 151 cm³/mol. The second-order valence-corrected chi connectivity index (χ2v) is 11.1. The first-order valence-corrected chi connectivity index (χ1v) is 14.0. The number of hydrogen-bond acceptors (Lipinski definition) is 6. The SMILES string of the molecule is COc1ccc2c(c1)[C@H]1CN(C(=O)CN3CCc4ccccc4[C@@H]3CN3C(=O)c4ccccc4C3=O)CC[C@@H]1N2. The van der Waals surface area contributed by atoms with Crippen LogP contribution in [0.5, 0.6) is 5.75 Å². The van der Waals surface area contributed by atoms with Crippen LogP contribution < -0.4 is 10.1 Å². The standard InChI is InChI=1S/C32H32N4O4/c1-40-21-10-11-27-25(16-21)26-17-35(15-13-28(26)33-27)30(37)19-34-14-12-20-6-2-3-7-22(20)29(34)18-36-31(38)23-8-4-5-9-24(23)32(36)39/h2-11,16,26,28-29,33H,12-15,17-19H2,1H3/t26-,28+,29+/m1/s1. The summed E-state index contributed by atoms with van der Waals surface area (Å²) >= 11 is 0. The van der Waals surface area contributed by atoms with Crippen LogP contribution in [-0.4, -0.2) is 78.3 Å². The van der Waals surface area contributed by atoms with Gasteiger partial charge in [0.25, 0.3) is 11.8 Å². The van der Waals surface area contributed by atoms with Crippen molar-refractivity contribution in [3.05, 3.63) is 94.5 Å². The number of piperidine rings is 1. The third-order valence-electron chi connectivity index (χ3n) is 9.06. The molecule has 3 atom stereocenters. The van der Waals surface area contributed by atoms with E-state index in [0.29, 0.717) is 36.8 Å². The molecule has 7 rings (SSSR count). The molecule has 0 saturated carbocycles. The maximum atomic E-state index is 13.8. The van der Waals surface area contributed by atoms with Crippen LogP contribution in [0.25, 0.3) is 0 Å². The average molecular weight is 537 g/mol. The highest BCUT2D eigenvalue weighted by molar-refractivity contribution is 6.21. The molecule has 8 heteroatoms. The molecule has 4 aliphatic heterocycles. The van der Waals surface area contributed by atoms with Crippen molar-refractivity contribution in [1.82, 2.24) is 14.7 Å². The largest absolute Gasteiger partial charge is 0.497 e. The van der Waals surface area contributed by atoms with E-state index in [1.807, 2.05) is 23.1 Å². The normalized spacial score (nSPS) is 23.3. The quantitative estimate of drug-likeness (QED) is 0.501. The van der Waals surface area contributed by atoms with Crippen LogP contribution in [0.15, 0.2) is 66.7 Å². The van der Waals surface area contributed by atoms with Gasteiger partial charge in [-0.15, -0.1) is 0 Å². The van der Waals surface area contributed by atoms with E-state index in [9.17, 15) is 14.4 Å². The summed E-state index contributed by atoms with van der Waals surface area (Å²) in [7, 11) is 1.67. The number of amides is 3. The van der Waals surface area contributed by atoms with Gasteiger partial charge in [0.1, 0.15) is 5.75 Å². The minimum absolute atomic E-state index is 0.0848. The van der Waals surface area contributed by atoms with Gasteiger partial charge in [-0.3, -0.25) is 24.2 Å². The van der Waals surface area contributed by atoms with E-state index in [1.165, 1.54) is 16.0 Å². The molecule has 0 aliphatic carbocycles. The lowest BCUT2D eigenvalue weighted by atomic mass is 9.89. The summed E-state index contributed by atoms with van der Waals surface area (Å²) in [5.41, 5.74) is 5.51. The zero-order valence-corrected chi connectivity index (χ0v) is 22.5. The Morgan fingerprint density at radius 2 is 1.70 bits per heavy atom. The number of anilines is 1. The number of benzene rings is 3. The number of ether oxygens (including phenoxy) is 1. The number of nitrogens with zero attached hydrogens (tertiary/aromatic N) is 3. The van der Waals surface area contributed by atoms with Gasteiger partial charge in [-0.2, -0.15) is 0 Å². The fraction of sp³-hybridized carbons (Fsp3) is 0.344. The molecule has 0 bridgehead atoms. The topological polar surface area (TPSA) is 82.2 Å². The van der Waals surface area contributed by atoms with E-state index >= 15 is 0 Å². The van der Waals surface area contributed by atoms with Gasteiger partial charge in [0.15, 0.2) is 0 Å². The third kappa shape index (κ3) is 4.05. The first kappa shape index (κ1) is 24.8. The van der Waals surface area contributed by atoms with Crippen LogP contribution in [0, 0.1) is 0 Å². The van der Waals surface area contributed by atoms with E-state index in [0.717, 1.165) is 29.8 Å². The van der Waals surface area contributed by atoms with Crippen molar-refractivity contribution in [3.63, 3.8) is 0 Å². The summed E-state index contributed by atoms with van der Waals surface area (Å²) in [5.74, 6) is 0.604. The highest BCUT2D eigenvalue weighted by Gasteiger charge is 2.41. The summed E-state index contributed by atoms with van der Waals surface area (Å²) < 4.78 is 5.46. The van der Waals surface area contributed by atoms with Crippen molar-refractivity contribution in [2.75, 3.05) is 45.2 Å². The maximum Gasteiger partial charge on any atom is 0.261 e. The summed E-state index contributed by atoms with van der Waals surface area (Å²) in [6.45, 7) is 2.52.